The molecular formula is C14H23Cl2FN4O2. The third kappa shape index (κ3) is 10.9. The molecule has 0 bridgehead atoms. The van der Waals surface area contributed by atoms with E-state index in [1.165, 1.54) is 12.1 Å². The molecule has 0 saturated heterocycles. The topological polar surface area (TPSA) is 87.5 Å². The van der Waals surface area contributed by atoms with Crippen LogP contribution < -0.4 is 16.4 Å². The average molecular weight is 369 g/mol. The maximum atomic E-state index is 12.8. The van der Waals surface area contributed by atoms with E-state index in [2.05, 4.69) is 10.6 Å². The third-order valence-electron chi connectivity index (χ3n) is 2.81. The summed E-state index contributed by atoms with van der Waals surface area (Å²) in [6, 6.07) is 6.30. The second-order valence-corrected chi connectivity index (χ2v) is 4.70. The zero-order valence-electron chi connectivity index (χ0n) is 12.9. The van der Waals surface area contributed by atoms with Gasteiger partial charge in [-0.1, -0.05) is 12.1 Å². The van der Waals surface area contributed by atoms with Gasteiger partial charge >= 0.3 is 0 Å². The predicted molar refractivity (Wildman–Crippen MR) is 92.3 cm³/mol. The van der Waals surface area contributed by atoms with E-state index in [9.17, 15) is 14.0 Å². The Bertz CT molecular complexity index is 474. The summed E-state index contributed by atoms with van der Waals surface area (Å²) in [5.74, 6) is -0.876. The highest BCUT2D eigenvalue weighted by Crippen LogP contribution is 2.04. The summed E-state index contributed by atoms with van der Waals surface area (Å²) < 4.78 is 12.8. The summed E-state index contributed by atoms with van der Waals surface area (Å²) in [4.78, 5) is 24.3. The molecule has 1 aromatic rings. The number of likely N-dealkylation sites (N-methyl/N-ethyl adjacent to an activating group) is 1. The van der Waals surface area contributed by atoms with Crippen molar-refractivity contribution in [2.24, 2.45) is 5.73 Å². The summed E-state index contributed by atoms with van der Waals surface area (Å²) >= 11 is 0. The number of halogens is 3. The van der Waals surface area contributed by atoms with Crippen LogP contribution in [0.4, 0.5) is 4.39 Å². The Balaban J connectivity index is 0. The molecule has 4 N–H and O–H groups in total. The Labute approximate surface area is 147 Å². The Kier molecular flexibility index (Phi) is 13.6. The number of amides is 2. The highest BCUT2D eigenvalue weighted by Gasteiger charge is 2.05. The molecule has 0 atom stereocenters. The zero-order valence-corrected chi connectivity index (χ0v) is 14.5. The number of carbonyl (C=O) groups excluding carboxylic acids is 2. The third-order valence-corrected chi connectivity index (χ3v) is 2.81. The van der Waals surface area contributed by atoms with Crippen molar-refractivity contribution >= 4 is 36.6 Å². The first kappa shape index (κ1) is 23.9. The molecule has 0 heterocycles. The molecule has 2 amide bonds. The van der Waals surface area contributed by atoms with Gasteiger partial charge in [0.15, 0.2) is 0 Å². The van der Waals surface area contributed by atoms with Gasteiger partial charge in [0.05, 0.1) is 13.1 Å². The molecule has 0 radical (unpaired) electrons. The molecule has 132 valence electrons. The molecule has 0 spiro atoms. The van der Waals surface area contributed by atoms with Gasteiger partial charge in [0, 0.05) is 19.6 Å². The van der Waals surface area contributed by atoms with Crippen molar-refractivity contribution in [1.82, 2.24) is 15.5 Å². The monoisotopic (exact) mass is 368 g/mol. The molecule has 1 aromatic carbocycles. The van der Waals surface area contributed by atoms with Crippen LogP contribution in [0.5, 0.6) is 0 Å². The average Bonchev–Trinajstić information content (AvgIpc) is 2.47. The van der Waals surface area contributed by atoms with Crippen molar-refractivity contribution in [2.75, 3.05) is 33.2 Å². The lowest BCUT2D eigenvalue weighted by Crippen LogP contribution is -2.41. The van der Waals surface area contributed by atoms with Gasteiger partial charge in [0.2, 0.25) is 11.8 Å². The van der Waals surface area contributed by atoms with E-state index in [-0.39, 0.29) is 55.5 Å². The van der Waals surface area contributed by atoms with Crippen molar-refractivity contribution in [3.05, 3.63) is 35.6 Å². The van der Waals surface area contributed by atoms with Crippen LogP contribution >= 0.6 is 24.8 Å². The molecule has 0 aliphatic heterocycles. The minimum absolute atomic E-state index is 0. The van der Waals surface area contributed by atoms with Gasteiger partial charge in [-0.25, -0.2) is 4.39 Å². The van der Waals surface area contributed by atoms with Crippen molar-refractivity contribution in [3.63, 3.8) is 0 Å². The summed E-state index contributed by atoms with van der Waals surface area (Å²) in [5, 5.41) is 5.08. The molecule has 23 heavy (non-hydrogen) atoms. The lowest BCUT2D eigenvalue weighted by Gasteiger charge is -2.17. The molecule has 0 aliphatic rings. The molecule has 6 nitrogen and oxygen atoms in total. The van der Waals surface area contributed by atoms with Crippen LogP contribution in [0, 0.1) is 5.82 Å². The maximum absolute atomic E-state index is 12.8. The maximum Gasteiger partial charge on any atom is 0.239 e. The van der Waals surface area contributed by atoms with Crippen LogP contribution in [0.25, 0.3) is 0 Å². The van der Waals surface area contributed by atoms with E-state index in [0.29, 0.717) is 19.6 Å². The predicted octanol–water partition coefficient (Wildman–Crippen LogP) is 0.292. The number of hydrogen-bond donors (Lipinski definition) is 3. The van der Waals surface area contributed by atoms with E-state index >= 15 is 0 Å². The van der Waals surface area contributed by atoms with Gasteiger partial charge in [-0.2, -0.15) is 0 Å². The number of nitrogens with zero attached hydrogens (tertiary/aromatic N) is 1. The van der Waals surface area contributed by atoms with Crippen LogP contribution in [-0.4, -0.2) is 49.9 Å². The standard InChI is InChI=1S/C14H21FN4O2.2ClH/c1-19(10-11-2-4-12(15)5-3-11)7-6-17-14(21)9-18-13(20)8-16;;/h2-5H,6-10,16H2,1H3,(H,17,21)(H,18,20);2*1H. The summed E-state index contributed by atoms with van der Waals surface area (Å²) in [6.07, 6.45) is 0. The van der Waals surface area contributed by atoms with Crippen LogP contribution in [-0.2, 0) is 16.1 Å². The quantitative estimate of drug-likeness (QED) is 0.615. The molecule has 0 aromatic heterocycles. The first-order valence-corrected chi connectivity index (χ1v) is 6.67. The van der Waals surface area contributed by atoms with E-state index < -0.39 is 0 Å². The number of nitrogens with one attached hydrogen (secondary N) is 2. The summed E-state index contributed by atoms with van der Waals surface area (Å²) in [6.45, 7) is 1.58. The zero-order chi connectivity index (χ0) is 15.7. The van der Waals surface area contributed by atoms with Crippen molar-refractivity contribution in [2.45, 2.75) is 6.54 Å². The molecule has 0 saturated carbocycles. The first-order chi connectivity index (χ1) is 10.0. The molecule has 1 rings (SSSR count). The Morgan fingerprint density at radius 1 is 1.13 bits per heavy atom. The fraction of sp³-hybridized carbons (Fsp3) is 0.429. The van der Waals surface area contributed by atoms with E-state index in [0.717, 1.165) is 5.56 Å². The SMILES string of the molecule is CN(CCNC(=O)CNC(=O)CN)Cc1ccc(F)cc1.Cl.Cl. The van der Waals surface area contributed by atoms with E-state index in [1.54, 1.807) is 12.1 Å². The van der Waals surface area contributed by atoms with Crippen LogP contribution in [0.3, 0.4) is 0 Å². The van der Waals surface area contributed by atoms with Gasteiger partial charge in [0.25, 0.3) is 0 Å². The van der Waals surface area contributed by atoms with Gasteiger partial charge in [-0.05, 0) is 24.7 Å². The van der Waals surface area contributed by atoms with Gasteiger partial charge in [-0.15, -0.1) is 24.8 Å². The largest absolute Gasteiger partial charge is 0.353 e. The van der Waals surface area contributed by atoms with Gasteiger partial charge < -0.3 is 21.3 Å². The van der Waals surface area contributed by atoms with Gasteiger partial charge in [0.1, 0.15) is 5.82 Å². The van der Waals surface area contributed by atoms with Gasteiger partial charge in [-0.3, -0.25) is 9.59 Å². The second-order valence-electron chi connectivity index (χ2n) is 4.70. The minimum atomic E-state index is -0.362. The lowest BCUT2D eigenvalue weighted by molar-refractivity contribution is -0.125. The summed E-state index contributed by atoms with van der Waals surface area (Å²) in [5.41, 5.74) is 6.11. The number of benzene rings is 1. The van der Waals surface area contributed by atoms with Crippen molar-refractivity contribution < 1.29 is 14.0 Å². The normalized spacial score (nSPS) is 9.57. The van der Waals surface area contributed by atoms with E-state index in [4.69, 9.17) is 5.73 Å². The first-order valence-electron chi connectivity index (χ1n) is 6.67. The number of nitrogens with two attached hydrogens (primary N) is 1. The van der Waals surface area contributed by atoms with Crippen molar-refractivity contribution in [1.29, 1.82) is 0 Å². The Morgan fingerprint density at radius 3 is 2.30 bits per heavy atom. The number of hydrogen-bond acceptors (Lipinski definition) is 4. The highest BCUT2D eigenvalue weighted by molar-refractivity contribution is 5.86. The fourth-order valence-electron chi connectivity index (χ4n) is 1.68. The fourth-order valence-corrected chi connectivity index (χ4v) is 1.68. The highest BCUT2D eigenvalue weighted by atomic mass is 35.5. The molecular weight excluding hydrogens is 346 g/mol. The van der Waals surface area contributed by atoms with Crippen molar-refractivity contribution in [3.8, 4) is 0 Å². The minimum Gasteiger partial charge on any atom is -0.353 e. The Hall–Kier alpha value is -1.41. The van der Waals surface area contributed by atoms with Crippen LogP contribution in [0.1, 0.15) is 5.56 Å². The smallest absolute Gasteiger partial charge is 0.239 e. The lowest BCUT2D eigenvalue weighted by atomic mass is 10.2. The summed E-state index contributed by atoms with van der Waals surface area (Å²) in [7, 11) is 1.91. The molecule has 0 unspecified atom stereocenters. The van der Waals surface area contributed by atoms with Crippen LogP contribution in [0.15, 0.2) is 24.3 Å². The van der Waals surface area contributed by atoms with E-state index in [1.807, 2.05) is 11.9 Å². The molecule has 0 fully saturated rings. The molecule has 0 aliphatic carbocycles. The van der Waals surface area contributed by atoms with Crippen LogP contribution in [0.2, 0.25) is 0 Å². The molecule has 9 heteroatoms. The Morgan fingerprint density at radius 2 is 1.74 bits per heavy atom. The number of carbonyl (C=O) groups is 2. The number of rotatable bonds is 8. The second kappa shape index (κ2) is 13.1.